The van der Waals surface area contributed by atoms with Gasteiger partial charge in [-0.15, -0.1) is 0 Å². The summed E-state index contributed by atoms with van der Waals surface area (Å²) in [6.07, 6.45) is 0. The van der Waals surface area contributed by atoms with Gasteiger partial charge in [-0.1, -0.05) is 23.7 Å². The number of nitrogens with one attached hydrogen (secondary N) is 1. The molecule has 0 aliphatic carbocycles. The maximum absolute atomic E-state index is 12.5. The molecule has 1 N–H and O–H groups in total. The van der Waals surface area contributed by atoms with Gasteiger partial charge < -0.3 is 10.2 Å². The largest absolute Gasteiger partial charge is 0.325 e. The van der Waals surface area contributed by atoms with Gasteiger partial charge in [-0.25, -0.2) is 4.79 Å². The average molecular weight is 372 g/mol. The first-order valence-electron chi connectivity index (χ1n) is 8.17. The molecule has 0 spiro atoms. The van der Waals surface area contributed by atoms with E-state index in [-0.39, 0.29) is 24.3 Å². The molecule has 1 aliphatic heterocycles. The second-order valence-electron chi connectivity index (χ2n) is 6.02. The number of carbonyl (C=O) groups excluding carboxylic acids is 3. The van der Waals surface area contributed by atoms with Crippen LogP contribution in [0.15, 0.2) is 48.5 Å². The van der Waals surface area contributed by atoms with Gasteiger partial charge in [0.1, 0.15) is 6.54 Å². The van der Waals surface area contributed by atoms with E-state index in [0.717, 1.165) is 5.69 Å². The van der Waals surface area contributed by atoms with Crippen LogP contribution >= 0.6 is 11.6 Å². The SMILES string of the molecule is CC(=O)c1cccc(NC(=O)CN2CCN(c3ccc(Cl)cc3)C2=O)c1. The molecule has 1 saturated heterocycles. The summed E-state index contributed by atoms with van der Waals surface area (Å²) >= 11 is 5.87. The van der Waals surface area contributed by atoms with Gasteiger partial charge >= 0.3 is 6.03 Å². The van der Waals surface area contributed by atoms with Crippen molar-refractivity contribution in [3.8, 4) is 0 Å². The van der Waals surface area contributed by atoms with Gasteiger partial charge in [-0.05, 0) is 43.3 Å². The number of urea groups is 1. The number of halogens is 1. The first-order chi connectivity index (χ1) is 12.4. The van der Waals surface area contributed by atoms with Crippen molar-refractivity contribution in [3.05, 3.63) is 59.1 Å². The molecule has 7 heteroatoms. The van der Waals surface area contributed by atoms with E-state index in [9.17, 15) is 14.4 Å². The Morgan fingerprint density at radius 3 is 2.54 bits per heavy atom. The number of ketones is 1. The topological polar surface area (TPSA) is 69.7 Å². The zero-order valence-corrected chi connectivity index (χ0v) is 15.0. The Labute approximate surface area is 156 Å². The monoisotopic (exact) mass is 371 g/mol. The lowest BCUT2D eigenvalue weighted by atomic mass is 10.1. The van der Waals surface area contributed by atoms with E-state index in [1.54, 1.807) is 53.4 Å². The number of benzene rings is 2. The number of hydrogen-bond acceptors (Lipinski definition) is 3. The van der Waals surface area contributed by atoms with Crippen molar-refractivity contribution < 1.29 is 14.4 Å². The highest BCUT2D eigenvalue weighted by Crippen LogP contribution is 2.22. The molecule has 1 aliphatic rings. The Morgan fingerprint density at radius 1 is 1.12 bits per heavy atom. The van der Waals surface area contributed by atoms with Crippen molar-refractivity contribution in [2.24, 2.45) is 0 Å². The second kappa shape index (κ2) is 7.58. The van der Waals surface area contributed by atoms with E-state index in [0.29, 0.717) is 29.4 Å². The lowest BCUT2D eigenvalue weighted by molar-refractivity contribution is -0.116. The van der Waals surface area contributed by atoms with Crippen molar-refractivity contribution in [1.29, 1.82) is 0 Å². The summed E-state index contributed by atoms with van der Waals surface area (Å²) in [5.41, 5.74) is 1.80. The zero-order valence-electron chi connectivity index (χ0n) is 14.2. The summed E-state index contributed by atoms with van der Waals surface area (Å²) in [6, 6.07) is 13.5. The predicted octanol–water partition coefficient (Wildman–Crippen LogP) is 3.42. The minimum absolute atomic E-state index is 0.0484. The molecular weight excluding hydrogens is 354 g/mol. The fourth-order valence-electron chi connectivity index (χ4n) is 2.78. The maximum Gasteiger partial charge on any atom is 0.325 e. The summed E-state index contributed by atoms with van der Waals surface area (Å²) in [4.78, 5) is 39.3. The van der Waals surface area contributed by atoms with Crippen molar-refractivity contribution in [1.82, 2.24) is 4.90 Å². The highest BCUT2D eigenvalue weighted by Gasteiger charge is 2.30. The fourth-order valence-corrected chi connectivity index (χ4v) is 2.91. The summed E-state index contributed by atoms with van der Waals surface area (Å²) in [6.45, 7) is 2.39. The Balaban J connectivity index is 1.61. The van der Waals surface area contributed by atoms with E-state index >= 15 is 0 Å². The number of hydrogen-bond donors (Lipinski definition) is 1. The predicted molar refractivity (Wildman–Crippen MR) is 101 cm³/mol. The first-order valence-corrected chi connectivity index (χ1v) is 8.55. The zero-order chi connectivity index (χ0) is 18.7. The van der Waals surface area contributed by atoms with Crippen LogP contribution in [-0.4, -0.2) is 42.3 Å². The van der Waals surface area contributed by atoms with E-state index in [2.05, 4.69) is 5.32 Å². The Morgan fingerprint density at radius 2 is 1.85 bits per heavy atom. The van der Waals surface area contributed by atoms with Crippen molar-refractivity contribution in [2.45, 2.75) is 6.92 Å². The summed E-state index contributed by atoms with van der Waals surface area (Å²) in [7, 11) is 0. The van der Waals surface area contributed by atoms with Crippen molar-refractivity contribution in [3.63, 3.8) is 0 Å². The van der Waals surface area contributed by atoms with Gasteiger partial charge in [-0.2, -0.15) is 0 Å². The van der Waals surface area contributed by atoms with E-state index in [1.807, 2.05) is 0 Å². The third-order valence-electron chi connectivity index (χ3n) is 4.12. The molecule has 0 radical (unpaired) electrons. The molecule has 3 rings (SSSR count). The van der Waals surface area contributed by atoms with Gasteiger partial charge in [0.25, 0.3) is 0 Å². The van der Waals surface area contributed by atoms with Crippen LogP contribution in [0.4, 0.5) is 16.2 Å². The molecule has 1 heterocycles. The van der Waals surface area contributed by atoms with Crippen LogP contribution in [0.1, 0.15) is 17.3 Å². The smallest absolute Gasteiger partial charge is 0.325 e. The van der Waals surface area contributed by atoms with Crippen LogP contribution < -0.4 is 10.2 Å². The van der Waals surface area contributed by atoms with E-state index < -0.39 is 0 Å². The highest BCUT2D eigenvalue weighted by atomic mass is 35.5. The molecule has 26 heavy (non-hydrogen) atoms. The maximum atomic E-state index is 12.5. The van der Waals surface area contributed by atoms with Gasteiger partial charge in [0.05, 0.1) is 0 Å². The second-order valence-corrected chi connectivity index (χ2v) is 6.45. The number of amides is 3. The molecule has 2 aromatic rings. The quantitative estimate of drug-likeness (QED) is 0.819. The van der Waals surface area contributed by atoms with E-state index in [4.69, 9.17) is 11.6 Å². The van der Waals surface area contributed by atoms with Crippen molar-refractivity contribution >= 4 is 40.7 Å². The van der Waals surface area contributed by atoms with Crippen LogP contribution in [0.5, 0.6) is 0 Å². The molecule has 6 nitrogen and oxygen atoms in total. The Kier molecular flexibility index (Phi) is 5.23. The number of nitrogens with zero attached hydrogens (tertiary/aromatic N) is 2. The third kappa shape index (κ3) is 4.03. The molecule has 3 amide bonds. The summed E-state index contributed by atoms with van der Waals surface area (Å²) < 4.78 is 0. The van der Waals surface area contributed by atoms with Crippen LogP contribution in [-0.2, 0) is 4.79 Å². The number of rotatable bonds is 5. The molecule has 134 valence electrons. The van der Waals surface area contributed by atoms with Crippen molar-refractivity contribution in [2.75, 3.05) is 29.9 Å². The van der Waals surface area contributed by atoms with Gasteiger partial charge in [-0.3, -0.25) is 14.5 Å². The average Bonchev–Trinajstić information content (AvgIpc) is 2.96. The third-order valence-corrected chi connectivity index (χ3v) is 4.37. The Hall–Kier alpha value is -2.86. The first kappa shape index (κ1) is 17.9. The number of anilines is 2. The highest BCUT2D eigenvalue weighted by molar-refractivity contribution is 6.30. The van der Waals surface area contributed by atoms with Crippen LogP contribution in [0.3, 0.4) is 0 Å². The molecular formula is C19H18ClN3O3. The van der Waals surface area contributed by atoms with Crippen LogP contribution in [0, 0.1) is 0 Å². The van der Waals surface area contributed by atoms with Crippen LogP contribution in [0.25, 0.3) is 0 Å². The minimum atomic E-state index is -0.308. The molecule has 0 bridgehead atoms. The lowest BCUT2D eigenvalue weighted by Gasteiger charge is -2.18. The molecule has 0 aromatic heterocycles. The summed E-state index contributed by atoms with van der Waals surface area (Å²) in [5, 5.41) is 3.33. The summed E-state index contributed by atoms with van der Waals surface area (Å²) in [5.74, 6) is -0.383. The number of carbonyl (C=O) groups is 3. The normalized spacial score (nSPS) is 13.8. The Bertz CT molecular complexity index is 851. The van der Waals surface area contributed by atoms with Gasteiger partial charge in [0.2, 0.25) is 5.91 Å². The molecule has 0 atom stereocenters. The fraction of sp³-hybridized carbons (Fsp3) is 0.211. The standard InChI is InChI=1S/C19H18ClN3O3/c1-13(24)14-3-2-4-16(11-14)21-18(25)12-22-9-10-23(19(22)26)17-7-5-15(20)6-8-17/h2-8,11H,9-10,12H2,1H3,(H,21,25). The number of Topliss-reactive ketones (excluding diaryl/α,β-unsaturated/α-hetero) is 1. The minimum Gasteiger partial charge on any atom is -0.325 e. The molecule has 2 aromatic carbocycles. The van der Waals surface area contributed by atoms with Gasteiger partial charge in [0, 0.05) is 35.1 Å². The molecule has 0 unspecified atom stereocenters. The van der Waals surface area contributed by atoms with E-state index in [1.165, 1.54) is 11.8 Å². The molecule has 1 fully saturated rings. The molecule has 0 saturated carbocycles. The van der Waals surface area contributed by atoms with Crippen LogP contribution in [0.2, 0.25) is 5.02 Å². The lowest BCUT2D eigenvalue weighted by Crippen LogP contribution is -2.37. The van der Waals surface area contributed by atoms with Gasteiger partial charge in [0.15, 0.2) is 5.78 Å².